The van der Waals surface area contributed by atoms with Crippen molar-refractivity contribution in [2.45, 2.75) is 5.41 Å². The van der Waals surface area contributed by atoms with Gasteiger partial charge in [0.25, 0.3) is 0 Å². The van der Waals surface area contributed by atoms with Crippen LogP contribution in [0.3, 0.4) is 0 Å². The number of fused-ring (bicyclic) bond motifs is 19. The lowest BCUT2D eigenvalue weighted by molar-refractivity contribution is 0.794. The van der Waals surface area contributed by atoms with Gasteiger partial charge in [-0.1, -0.05) is 140 Å². The van der Waals surface area contributed by atoms with Gasteiger partial charge >= 0.3 is 0 Å². The average Bonchev–Trinajstić information content (AvgIpc) is 3.79. The van der Waals surface area contributed by atoms with E-state index in [0.29, 0.717) is 0 Å². The van der Waals surface area contributed by atoms with Gasteiger partial charge in [-0.15, -0.1) is 0 Å². The minimum absolute atomic E-state index is 0.451. The fourth-order valence-corrected chi connectivity index (χ4v) is 9.86. The summed E-state index contributed by atoms with van der Waals surface area (Å²) in [6.07, 6.45) is 0. The van der Waals surface area contributed by atoms with Crippen LogP contribution in [0.2, 0.25) is 0 Å². The van der Waals surface area contributed by atoms with Crippen molar-refractivity contribution in [2.75, 3.05) is 0 Å². The van der Waals surface area contributed by atoms with Gasteiger partial charge in [0.2, 0.25) is 0 Å². The van der Waals surface area contributed by atoms with Gasteiger partial charge in [0.05, 0.1) is 16.4 Å². The summed E-state index contributed by atoms with van der Waals surface area (Å²) in [6.45, 7) is 0. The quantitative estimate of drug-likeness (QED) is 0.159. The van der Waals surface area contributed by atoms with Gasteiger partial charge in [-0.25, -0.2) is 0 Å². The predicted octanol–water partition coefficient (Wildman–Crippen LogP) is 12.6. The minimum Gasteiger partial charge on any atom is -0.309 e. The first-order valence-electron chi connectivity index (χ1n) is 17.5. The van der Waals surface area contributed by atoms with E-state index in [2.05, 4.69) is 180 Å². The molecule has 2 aliphatic carbocycles. The maximum atomic E-state index is 2.55. The molecule has 0 atom stereocenters. The lowest BCUT2D eigenvalue weighted by Gasteiger charge is -2.31. The zero-order chi connectivity index (χ0) is 32.6. The zero-order valence-corrected chi connectivity index (χ0v) is 27.2. The smallest absolute Gasteiger partial charge is 0.0726 e. The van der Waals surface area contributed by atoms with Crippen LogP contribution in [0.4, 0.5) is 0 Å². The maximum Gasteiger partial charge on any atom is 0.0726 e. The van der Waals surface area contributed by atoms with Crippen molar-refractivity contribution in [2.24, 2.45) is 0 Å². The Morgan fingerprint density at radius 1 is 0.280 bits per heavy atom. The fraction of sp³-hybridized carbons (Fsp3) is 0.0204. The monoisotopic (exact) mass is 631 g/mol. The van der Waals surface area contributed by atoms with Crippen LogP contribution in [-0.4, -0.2) is 4.57 Å². The number of rotatable bonds is 1. The summed E-state index contributed by atoms with van der Waals surface area (Å²) in [5, 5.41) is 10.4. The molecule has 2 aliphatic rings. The van der Waals surface area contributed by atoms with E-state index >= 15 is 0 Å². The Morgan fingerprint density at radius 2 is 0.700 bits per heavy atom. The Hall–Kier alpha value is -6.44. The molecule has 0 unspecified atom stereocenters. The van der Waals surface area contributed by atoms with E-state index in [0.717, 1.165) is 0 Å². The van der Waals surface area contributed by atoms with Gasteiger partial charge < -0.3 is 4.57 Å². The predicted molar refractivity (Wildman–Crippen MR) is 210 cm³/mol. The third kappa shape index (κ3) is 3.10. The SMILES string of the molecule is c1ccc2c(c1)-c1ccccc1C21c2cc(-n3c4ccccc4c4ccccc43)ccc2-c2cc3c4ccccc4c4ccccc4c3cc21. The second-order valence-corrected chi connectivity index (χ2v) is 14.0. The van der Waals surface area contributed by atoms with E-state index in [1.807, 2.05) is 0 Å². The molecule has 0 aliphatic heterocycles. The summed E-state index contributed by atoms with van der Waals surface area (Å²) in [5.41, 5.74) is 14.0. The van der Waals surface area contributed by atoms with E-state index in [4.69, 9.17) is 0 Å². The molecule has 50 heavy (non-hydrogen) atoms. The van der Waals surface area contributed by atoms with Gasteiger partial charge in [-0.2, -0.15) is 0 Å². The molecule has 0 bridgehead atoms. The Morgan fingerprint density at radius 3 is 1.28 bits per heavy atom. The number of benzene rings is 9. The Labute approximate surface area is 289 Å². The van der Waals surface area contributed by atoms with Crippen molar-refractivity contribution in [3.8, 4) is 27.9 Å². The molecule has 1 aromatic heterocycles. The lowest BCUT2D eigenvalue weighted by Crippen LogP contribution is -2.26. The summed E-state index contributed by atoms with van der Waals surface area (Å²) in [6, 6.07) is 66.1. The molecule has 1 nitrogen and oxygen atoms in total. The molecular weight excluding hydrogens is 603 g/mol. The van der Waals surface area contributed by atoms with Gasteiger partial charge in [0.15, 0.2) is 0 Å². The first-order chi connectivity index (χ1) is 24.8. The molecule has 0 saturated heterocycles. The van der Waals surface area contributed by atoms with Crippen molar-refractivity contribution in [1.82, 2.24) is 4.57 Å². The molecule has 1 heterocycles. The lowest BCUT2D eigenvalue weighted by atomic mass is 9.70. The fourth-order valence-electron chi connectivity index (χ4n) is 9.86. The van der Waals surface area contributed by atoms with Crippen LogP contribution in [0.25, 0.3) is 82.1 Å². The van der Waals surface area contributed by atoms with Crippen LogP contribution in [-0.2, 0) is 5.41 Å². The number of hydrogen-bond donors (Lipinski definition) is 0. The Bertz CT molecular complexity index is 3000. The van der Waals surface area contributed by atoms with Crippen LogP contribution in [0.1, 0.15) is 22.3 Å². The molecule has 230 valence electrons. The standard InChI is InChI=1S/C49H29N/c1-3-15-33-31(13-1)32-14-2-4-16-34(32)41-29-46-42(28-40(33)41)37-26-25-30(50-47-23-11-7-19-38(47)39-20-8-12-24-48(39)50)27-45(37)49(46)43-21-9-5-17-35(43)36-18-6-10-22-44(36)49/h1-29H. The van der Waals surface area contributed by atoms with Crippen molar-refractivity contribution in [3.05, 3.63) is 198 Å². The highest BCUT2D eigenvalue weighted by Gasteiger charge is 2.52. The summed E-state index contributed by atoms with van der Waals surface area (Å²) in [4.78, 5) is 0. The van der Waals surface area contributed by atoms with Crippen molar-refractivity contribution in [3.63, 3.8) is 0 Å². The molecule has 0 radical (unpaired) electrons. The summed E-state index contributed by atoms with van der Waals surface area (Å²) in [7, 11) is 0. The molecular formula is C49H29N. The maximum absolute atomic E-state index is 2.55. The molecule has 10 aromatic rings. The first kappa shape index (κ1) is 26.5. The van der Waals surface area contributed by atoms with E-state index in [-0.39, 0.29) is 0 Å². The molecule has 0 N–H and O–H groups in total. The second kappa shape index (κ2) is 9.37. The molecule has 0 amide bonds. The van der Waals surface area contributed by atoms with Crippen molar-refractivity contribution in [1.29, 1.82) is 0 Å². The summed E-state index contributed by atoms with van der Waals surface area (Å²) >= 11 is 0. The molecule has 1 spiro atoms. The van der Waals surface area contributed by atoms with E-state index < -0.39 is 5.41 Å². The molecule has 9 aromatic carbocycles. The third-order valence-electron chi connectivity index (χ3n) is 11.8. The van der Waals surface area contributed by atoms with Crippen LogP contribution >= 0.6 is 0 Å². The molecule has 12 rings (SSSR count). The van der Waals surface area contributed by atoms with Gasteiger partial charge in [-0.05, 0) is 113 Å². The topological polar surface area (TPSA) is 4.93 Å². The van der Waals surface area contributed by atoms with Gasteiger partial charge in [-0.3, -0.25) is 0 Å². The van der Waals surface area contributed by atoms with Gasteiger partial charge in [0.1, 0.15) is 0 Å². The minimum atomic E-state index is -0.451. The van der Waals surface area contributed by atoms with Gasteiger partial charge in [0, 0.05) is 16.5 Å². The summed E-state index contributed by atoms with van der Waals surface area (Å²) < 4.78 is 2.46. The van der Waals surface area contributed by atoms with Crippen LogP contribution in [0.15, 0.2) is 176 Å². The Balaban J connectivity index is 1.27. The van der Waals surface area contributed by atoms with Crippen LogP contribution in [0, 0.1) is 0 Å². The number of aromatic nitrogens is 1. The highest BCUT2D eigenvalue weighted by molar-refractivity contribution is 6.26. The summed E-state index contributed by atoms with van der Waals surface area (Å²) in [5.74, 6) is 0. The van der Waals surface area contributed by atoms with E-state index in [1.54, 1.807) is 0 Å². The normalized spacial score (nSPS) is 13.8. The number of para-hydroxylation sites is 2. The zero-order valence-electron chi connectivity index (χ0n) is 27.2. The largest absolute Gasteiger partial charge is 0.309 e. The van der Waals surface area contributed by atoms with Crippen molar-refractivity contribution >= 4 is 54.1 Å². The average molecular weight is 632 g/mol. The first-order valence-corrected chi connectivity index (χ1v) is 17.5. The number of hydrogen-bond acceptors (Lipinski definition) is 0. The second-order valence-electron chi connectivity index (χ2n) is 14.0. The van der Waals surface area contributed by atoms with Crippen LogP contribution in [0.5, 0.6) is 0 Å². The van der Waals surface area contributed by atoms with Crippen LogP contribution < -0.4 is 0 Å². The molecule has 0 fully saturated rings. The molecule has 1 heteroatoms. The number of nitrogens with zero attached hydrogens (tertiary/aromatic N) is 1. The highest BCUT2D eigenvalue weighted by Crippen LogP contribution is 2.63. The third-order valence-corrected chi connectivity index (χ3v) is 11.8. The highest BCUT2D eigenvalue weighted by atomic mass is 15.0. The van der Waals surface area contributed by atoms with Crippen molar-refractivity contribution < 1.29 is 0 Å². The van der Waals surface area contributed by atoms with E-state index in [1.165, 1.54) is 104 Å². The Kier molecular flexibility index (Phi) is 4.97. The van der Waals surface area contributed by atoms with E-state index in [9.17, 15) is 0 Å². The molecule has 0 saturated carbocycles.